The van der Waals surface area contributed by atoms with Crippen molar-refractivity contribution in [3.8, 4) is 40.0 Å². The number of hydrogen-bond donors (Lipinski definition) is 2. The Morgan fingerprint density at radius 2 is 1.62 bits per heavy atom. The Hall–Kier alpha value is -3.15. The summed E-state index contributed by atoms with van der Waals surface area (Å²) in [5.74, 6) is 1.36. The summed E-state index contributed by atoms with van der Waals surface area (Å²) in [5, 5.41) is 20.2. The number of aromatic hydroxyl groups is 2. The normalized spacial score (nSPS) is 10.5. The second-order valence-corrected chi connectivity index (χ2v) is 5.18. The highest BCUT2D eigenvalue weighted by Crippen LogP contribution is 2.32. The molecule has 3 rings (SSSR count). The van der Waals surface area contributed by atoms with Crippen molar-refractivity contribution in [1.29, 1.82) is 0 Å². The minimum atomic E-state index is 0.0260. The van der Waals surface area contributed by atoms with Crippen LogP contribution in [0, 0.1) is 0 Å². The number of rotatable bonds is 5. The van der Waals surface area contributed by atoms with E-state index >= 15 is 0 Å². The molecule has 0 aliphatic carbocycles. The number of aromatic nitrogens is 3. The molecule has 1 aromatic heterocycles. The van der Waals surface area contributed by atoms with Gasteiger partial charge in [-0.05, 0) is 30.7 Å². The summed E-state index contributed by atoms with van der Waals surface area (Å²) in [6, 6.07) is 11.8. The molecular weight excluding hydrogens is 306 g/mol. The van der Waals surface area contributed by atoms with E-state index in [0.29, 0.717) is 35.1 Å². The molecule has 2 aromatic carbocycles. The largest absolute Gasteiger partial charge is 0.507 e. The average Bonchev–Trinajstić information content (AvgIpc) is 2.60. The standard InChI is InChI=1S/C18H17N3O3/c1-2-9-24-12-7-8-14(16(23)10-12)18-20-11-19-17(21-18)13-5-3-4-6-15(13)22/h3-8,10-11,22-23H,2,9H2,1H3. The van der Waals surface area contributed by atoms with Gasteiger partial charge in [0.15, 0.2) is 11.6 Å². The smallest absolute Gasteiger partial charge is 0.167 e. The third-order valence-corrected chi connectivity index (χ3v) is 3.40. The van der Waals surface area contributed by atoms with Crippen molar-refractivity contribution in [2.45, 2.75) is 13.3 Å². The van der Waals surface area contributed by atoms with E-state index in [1.807, 2.05) is 6.92 Å². The maximum atomic E-state index is 10.2. The van der Waals surface area contributed by atoms with Gasteiger partial charge in [0.2, 0.25) is 0 Å². The van der Waals surface area contributed by atoms with Gasteiger partial charge in [0.25, 0.3) is 0 Å². The molecule has 6 nitrogen and oxygen atoms in total. The summed E-state index contributed by atoms with van der Waals surface area (Å²) in [5.41, 5.74) is 0.974. The highest BCUT2D eigenvalue weighted by atomic mass is 16.5. The molecule has 0 saturated carbocycles. The Morgan fingerprint density at radius 1 is 0.917 bits per heavy atom. The van der Waals surface area contributed by atoms with E-state index in [1.165, 1.54) is 12.4 Å². The van der Waals surface area contributed by atoms with Crippen LogP contribution in [-0.4, -0.2) is 31.8 Å². The summed E-state index contributed by atoms with van der Waals surface area (Å²) >= 11 is 0. The molecule has 0 spiro atoms. The highest BCUT2D eigenvalue weighted by Gasteiger charge is 2.12. The van der Waals surface area contributed by atoms with E-state index < -0.39 is 0 Å². The van der Waals surface area contributed by atoms with Gasteiger partial charge >= 0.3 is 0 Å². The maximum Gasteiger partial charge on any atom is 0.167 e. The zero-order valence-electron chi connectivity index (χ0n) is 13.2. The second-order valence-electron chi connectivity index (χ2n) is 5.18. The number of nitrogens with zero attached hydrogens (tertiary/aromatic N) is 3. The molecule has 3 aromatic rings. The summed E-state index contributed by atoms with van der Waals surface area (Å²) in [6.45, 7) is 2.60. The number of hydrogen-bond acceptors (Lipinski definition) is 6. The second kappa shape index (κ2) is 6.95. The molecule has 2 N–H and O–H groups in total. The van der Waals surface area contributed by atoms with Crippen molar-refractivity contribution in [3.05, 3.63) is 48.8 Å². The van der Waals surface area contributed by atoms with Gasteiger partial charge in [0, 0.05) is 6.07 Å². The third kappa shape index (κ3) is 3.27. The zero-order chi connectivity index (χ0) is 16.9. The lowest BCUT2D eigenvalue weighted by Crippen LogP contribution is -1.97. The van der Waals surface area contributed by atoms with Crippen molar-refractivity contribution in [2.75, 3.05) is 6.61 Å². The average molecular weight is 323 g/mol. The van der Waals surface area contributed by atoms with Gasteiger partial charge in [-0.3, -0.25) is 0 Å². The number of phenolic OH excluding ortho intramolecular Hbond substituents is 2. The molecule has 0 aliphatic rings. The predicted molar refractivity (Wildman–Crippen MR) is 89.8 cm³/mol. The fourth-order valence-electron chi connectivity index (χ4n) is 2.23. The molecule has 0 amide bonds. The fourth-order valence-corrected chi connectivity index (χ4v) is 2.23. The van der Waals surface area contributed by atoms with Crippen LogP contribution in [-0.2, 0) is 0 Å². The minimum Gasteiger partial charge on any atom is -0.507 e. The maximum absolute atomic E-state index is 10.2. The summed E-state index contributed by atoms with van der Waals surface area (Å²) < 4.78 is 5.49. The van der Waals surface area contributed by atoms with Crippen molar-refractivity contribution in [3.63, 3.8) is 0 Å². The third-order valence-electron chi connectivity index (χ3n) is 3.40. The van der Waals surface area contributed by atoms with Gasteiger partial charge in [0.1, 0.15) is 23.6 Å². The minimum absolute atomic E-state index is 0.0260. The van der Waals surface area contributed by atoms with Crippen molar-refractivity contribution in [2.24, 2.45) is 0 Å². The SMILES string of the molecule is CCCOc1ccc(-c2ncnc(-c3ccccc3O)n2)c(O)c1. The molecule has 122 valence electrons. The van der Waals surface area contributed by atoms with E-state index in [4.69, 9.17) is 4.74 Å². The van der Waals surface area contributed by atoms with Crippen LogP contribution in [0.1, 0.15) is 13.3 Å². The number of ether oxygens (including phenoxy) is 1. The molecule has 1 heterocycles. The molecule has 0 unspecified atom stereocenters. The molecular formula is C18H17N3O3. The Kier molecular flexibility index (Phi) is 4.56. The zero-order valence-corrected chi connectivity index (χ0v) is 13.2. The molecule has 0 saturated heterocycles. The van der Waals surface area contributed by atoms with Gasteiger partial charge in [-0.1, -0.05) is 19.1 Å². The van der Waals surface area contributed by atoms with Crippen LogP contribution < -0.4 is 4.74 Å². The first-order chi connectivity index (χ1) is 11.7. The van der Waals surface area contributed by atoms with Crippen LogP contribution in [0.4, 0.5) is 0 Å². The molecule has 0 radical (unpaired) electrons. The van der Waals surface area contributed by atoms with Crippen LogP contribution in [0.3, 0.4) is 0 Å². The van der Waals surface area contributed by atoms with Crippen molar-refractivity contribution in [1.82, 2.24) is 15.0 Å². The summed E-state index contributed by atoms with van der Waals surface area (Å²) in [6.07, 6.45) is 2.24. The predicted octanol–water partition coefficient (Wildman–Crippen LogP) is 3.41. The Balaban J connectivity index is 1.96. The van der Waals surface area contributed by atoms with Crippen LogP contribution in [0.5, 0.6) is 17.2 Å². The van der Waals surface area contributed by atoms with E-state index in [9.17, 15) is 10.2 Å². The van der Waals surface area contributed by atoms with Gasteiger partial charge in [-0.15, -0.1) is 0 Å². The summed E-state index contributed by atoms with van der Waals surface area (Å²) in [4.78, 5) is 12.6. The van der Waals surface area contributed by atoms with Gasteiger partial charge in [0.05, 0.1) is 17.7 Å². The Bertz CT molecular complexity index is 852. The van der Waals surface area contributed by atoms with E-state index in [0.717, 1.165) is 6.42 Å². The Morgan fingerprint density at radius 3 is 2.29 bits per heavy atom. The monoisotopic (exact) mass is 323 g/mol. The first-order valence-corrected chi connectivity index (χ1v) is 7.62. The highest BCUT2D eigenvalue weighted by molar-refractivity contribution is 5.69. The topological polar surface area (TPSA) is 88.4 Å². The number of para-hydroxylation sites is 1. The fraction of sp³-hybridized carbons (Fsp3) is 0.167. The van der Waals surface area contributed by atoms with Crippen LogP contribution in [0.2, 0.25) is 0 Å². The number of benzene rings is 2. The lowest BCUT2D eigenvalue weighted by atomic mass is 10.1. The molecule has 24 heavy (non-hydrogen) atoms. The van der Waals surface area contributed by atoms with Crippen LogP contribution in [0.15, 0.2) is 48.8 Å². The molecule has 0 atom stereocenters. The van der Waals surface area contributed by atoms with Crippen molar-refractivity contribution >= 4 is 0 Å². The van der Waals surface area contributed by atoms with Gasteiger partial charge in [-0.2, -0.15) is 0 Å². The van der Waals surface area contributed by atoms with E-state index in [-0.39, 0.29) is 11.5 Å². The van der Waals surface area contributed by atoms with Crippen molar-refractivity contribution < 1.29 is 14.9 Å². The quantitative estimate of drug-likeness (QED) is 0.748. The molecule has 0 bridgehead atoms. The first kappa shape index (κ1) is 15.7. The van der Waals surface area contributed by atoms with Gasteiger partial charge in [-0.25, -0.2) is 15.0 Å². The first-order valence-electron chi connectivity index (χ1n) is 7.62. The molecule has 6 heteroatoms. The lowest BCUT2D eigenvalue weighted by Gasteiger charge is -2.09. The van der Waals surface area contributed by atoms with Crippen LogP contribution in [0.25, 0.3) is 22.8 Å². The molecule has 0 aliphatic heterocycles. The van der Waals surface area contributed by atoms with E-state index in [2.05, 4.69) is 15.0 Å². The van der Waals surface area contributed by atoms with Gasteiger partial charge < -0.3 is 14.9 Å². The van der Waals surface area contributed by atoms with E-state index in [1.54, 1.807) is 36.4 Å². The molecule has 0 fully saturated rings. The van der Waals surface area contributed by atoms with Crippen LogP contribution >= 0.6 is 0 Å². The number of phenols is 2. The summed E-state index contributed by atoms with van der Waals surface area (Å²) in [7, 11) is 0. The Labute approximate surface area is 139 Å². The lowest BCUT2D eigenvalue weighted by molar-refractivity contribution is 0.315.